The number of carbonyl (C=O) groups excluding carboxylic acids is 1. The van der Waals surface area contributed by atoms with Crippen molar-refractivity contribution in [2.45, 2.75) is 30.5 Å². The second-order valence-electron chi connectivity index (χ2n) is 5.43. The fourth-order valence-electron chi connectivity index (χ4n) is 2.90. The number of hydrogen-bond donors (Lipinski definition) is 1. The number of ether oxygens (including phenoxy) is 1. The van der Waals surface area contributed by atoms with Gasteiger partial charge in [0, 0.05) is 35.7 Å². The summed E-state index contributed by atoms with van der Waals surface area (Å²) in [6.07, 6.45) is 3.05. The van der Waals surface area contributed by atoms with Gasteiger partial charge in [-0.15, -0.1) is 0 Å². The molecule has 2 aliphatic rings. The lowest BCUT2D eigenvalue weighted by atomic mass is 9.90. The topological polar surface area (TPSA) is 38.3 Å². The Morgan fingerprint density at radius 2 is 2.05 bits per heavy atom. The second-order valence-corrected chi connectivity index (χ2v) is 6.42. The summed E-state index contributed by atoms with van der Waals surface area (Å²) in [5.41, 5.74) is 2.35. The number of amides is 1. The van der Waals surface area contributed by atoms with E-state index in [2.05, 4.69) is 21.2 Å². The molecule has 1 aromatic carbocycles. The molecule has 108 valence electrons. The van der Waals surface area contributed by atoms with Crippen LogP contribution in [0.2, 0.25) is 0 Å². The SMILES string of the molecule is O=C1CCc2cc(C(Br)C3CCOCC3)c(F)cc2N1. The molecule has 2 heterocycles. The third-order valence-electron chi connectivity index (χ3n) is 4.09. The van der Waals surface area contributed by atoms with Gasteiger partial charge in [0.25, 0.3) is 0 Å². The van der Waals surface area contributed by atoms with Gasteiger partial charge in [-0.1, -0.05) is 15.9 Å². The summed E-state index contributed by atoms with van der Waals surface area (Å²) in [7, 11) is 0. The maximum Gasteiger partial charge on any atom is 0.224 e. The monoisotopic (exact) mass is 341 g/mol. The summed E-state index contributed by atoms with van der Waals surface area (Å²) in [5.74, 6) is 0.110. The number of nitrogens with one attached hydrogen (secondary N) is 1. The van der Waals surface area contributed by atoms with Crippen LogP contribution in [0.15, 0.2) is 12.1 Å². The Hall–Kier alpha value is -0.940. The van der Waals surface area contributed by atoms with Gasteiger partial charge in [-0.2, -0.15) is 0 Å². The fraction of sp³-hybridized carbons (Fsp3) is 0.533. The average Bonchev–Trinajstić information content (AvgIpc) is 2.46. The molecule has 3 nitrogen and oxygen atoms in total. The van der Waals surface area contributed by atoms with E-state index in [0.29, 0.717) is 30.0 Å². The summed E-state index contributed by atoms with van der Waals surface area (Å²) in [6.45, 7) is 1.49. The lowest BCUT2D eigenvalue weighted by Gasteiger charge is -2.28. The Balaban J connectivity index is 1.87. The van der Waals surface area contributed by atoms with E-state index in [4.69, 9.17) is 4.74 Å². The van der Waals surface area contributed by atoms with Crippen LogP contribution in [0.1, 0.15) is 35.2 Å². The van der Waals surface area contributed by atoms with Gasteiger partial charge < -0.3 is 10.1 Å². The predicted molar refractivity (Wildman–Crippen MR) is 78.6 cm³/mol. The molecule has 0 aliphatic carbocycles. The van der Waals surface area contributed by atoms with Crippen LogP contribution in [0.3, 0.4) is 0 Å². The number of anilines is 1. The quantitative estimate of drug-likeness (QED) is 0.835. The summed E-state index contributed by atoms with van der Waals surface area (Å²) in [4.78, 5) is 11.4. The zero-order valence-corrected chi connectivity index (χ0v) is 12.7. The van der Waals surface area contributed by atoms with E-state index < -0.39 is 0 Å². The van der Waals surface area contributed by atoms with Crippen LogP contribution in [0, 0.1) is 11.7 Å². The second kappa shape index (κ2) is 5.82. The first kappa shape index (κ1) is 14.0. The molecule has 20 heavy (non-hydrogen) atoms. The maximum absolute atomic E-state index is 14.3. The van der Waals surface area contributed by atoms with Gasteiger partial charge in [0.15, 0.2) is 0 Å². The summed E-state index contributed by atoms with van der Waals surface area (Å²) < 4.78 is 19.7. The van der Waals surface area contributed by atoms with E-state index in [1.807, 2.05) is 6.07 Å². The van der Waals surface area contributed by atoms with E-state index >= 15 is 0 Å². The average molecular weight is 342 g/mol. The molecule has 0 bridgehead atoms. The molecule has 3 rings (SSSR count). The van der Waals surface area contributed by atoms with Gasteiger partial charge in [0.2, 0.25) is 5.91 Å². The minimum absolute atomic E-state index is 0.00864. The van der Waals surface area contributed by atoms with Crippen molar-refractivity contribution in [3.8, 4) is 0 Å². The highest BCUT2D eigenvalue weighted by molar-refractivity contribution is 9.09. The van der Waals surface area contributed by atoms with Crippen molar-refractivity contribution in [1.82, 2.24) is 0 Å². The Morgan fingerprint density at radius 1 is 1.30 bits per heavy atom. The molecular formula is C15H17BrFNO2. The Kier molecular flexibility index (Phi) is 4.08. The Morgan fingerprint density at radius 3 is 2.80 bits per heavy atom. The minimum Gasteiger partial charge on any atom is -0.381 e. The molecule has 1 unspecified atom stereocenters. The highest BCUT2D eigenvalue weighted by Gasteiger charge is 2.27. The first-order chi connectivity index (χ1) is 9.65. The number of fused-ring (bicyclic) bond motifs is 1. The van der Waals surface area contributed by atoms with Crippen molar-refractivity contribution in [2.24, 2.45) is 5.92 Å². The minimum atomic E-state index is -0.251. The lowest BCUT2D eigenvalue weighted by Crippen LogP contribution is -2.22. The van der Waals surface area contributed by atoms with Crippen molar-refractivity contribution in [3.63, 3.8) is 0 Å². The Labute approximate surface area is 126 Å². The summed E-state index contributed by atoms with van der Waals surface area (Å²) in [5, 5.41) is 2.73. The fourth-order valence-corrected chi connectivity index (χ4v) is 3.77. The van der Waals surface area contributed by atoms with E-state index in [9.17, 15) is 9.18 Å². The normalized spacial score (nSPS) is 21.2. The van der Waals surface area contributed by atoms with Crippen LogP contribution >= 0.6 is 15.9 Å². The molecule has 0 aromatic heterocycles. The van der Waals surface area contributed by atoms with Gasteiger partial charge in [-0.3, -0.25) is 4.79 Å². The first-order valence-electron chi connectivity index (χ1n) is 6.99. The predicted octanol–water partition coefficient (Wildman–Crippen LogP) is 3.57. The van der Waals surface area contributed by atoms with Crippen molar-refractivity contribution in [3.05, 3.63) is 29.1 Å². The molecule has 0 radical (unpaired) electrons. The molecule has 1 aromatic rings. The molecule has 1 saturated heterocycles. The molecule has 0 spiro atoms. The van der Waals surface area contributed by atoms with Crippen molar-refractivity contribution in [1.29, 1.82) is 0 Å². The zero-order valence-electron chi connectivity index (χ0n) is 11.1. The Bertz CT molecular complexity index is 529. The number of alkyl halides is 1. The van der Waals surface area contributed by atoms with Gasteiger partial charge in [0.05, 0.1) is 0 Å². The largest absolute Gasteiger partial charge is 0.381 e. The number of carbonyl (C=O) groups is 1. The standard InChI is InChI=1S/C15H17BrFNO2/c16-15(9-3-5-20-6-4-9)11-7-10-1-2-14(19)18-13(10)8-12(11)17/h7-9,15H,1-6H2,(H,18,19). The molecule has 5 heteroatoms. The zero-order chi connectivity index (χ0) is 14.1. The van der Waals surface area contributed by atoms with E-state index in [1.54, 1.807) is 0 Å². The smallest absolute Gasteiger partial charge is 0.224 e. The van der Waals surface area contributed by atoms with Crippen LogP contribution in [-0.2, 0) is 16.0 Å². The van der Waals surface area contributed by atoms with Crippen LogP contribution < -0.4 is 5.32 Å². The lowest BCUT2D eigenvalue weighted by molar-refractivity contribution is -0.116. The molecule has 0 saturated carbocycles. The first-order valence-corrected chi connectivity index (χ1v) is 7.90. The highest BCUT2D eigenvalue weighted by Crippen LogP contribution is 2.40. The van der Waals surface area contributed by atoms with E-state index in [0.717, 1.165) is 31.6 Å². The number of hydrogen-bond acceptors (Lipinski definition) is 2. The molecule has 2 aliphatic heterocycles. The van der Waals surface area contributed by atoms with Gasteiger partial charge in [-0.05, 0) is 42.9 Å². The molecular weight excluding hydrogens is 325 g/mol. The van der Waals surface area contributed by atoms with Crippen molar-refractivity contribution < 1.29 is 13.9 Å². The third-order valence-corrected chi connectivity index (χ3v) is 5.34. The van der Waals surface area contributed by atoms with Gasteiger partial charge in [-0.25, -0.2) is 4.39 Å². The molecule has 1 N–H and O–H groups in total. The number of benzene rings is 1. The van der Waals surface area contributed by atoms with Crippen molar-refractivity contribution >= 4 is 27.5 Å². The molecule has 1 fully saturated rings. The number of halogens is 2. The van der Waals surface area contributed by atoms with Gasteiger partial charge in [0.1, 0.15) is 5.82 Å². The van der Waals surface area contributed by atoms with Crippen LogP contribution in [0.25, 0.3) is 0 Å². The van der Waals surface area contributed by atoms with Crippen LogP contribution in [0.4, 0.5) is 10.1 Å². The van der Waals surface area contributed by atoms with Crippen LogP contribution in [0.5, 0.6) is 0 Å². The summed E-state index contributed by atoms with van der Waals surface area (Å²) in [6, 6.07) is 3.36. The van der Waals surface area contributed by atoms with Crippen molar-refractivity contribution in [2.75, 3.05) is 18.5 Å². The van der Waals surface area contributed by atoms with E-state index in [-0.39, 0.29) is 16.6 Å². The van der Waals surface area contributed by atoms with E-state index in [1.165, 1.54) is 6.07 Å². The third kappa shape index (κ3) is 2.74. The maximum atomic E-state index is 14.3. The highest BCUT2D eigenvalue weighted by atomic mass is 79.9. The number of rotatable bonds is 2. The van der Waals surface area contributed by atoms with Crippen LogP contribution in [-0.4, -0.2) is 19.1 Å². The number of aryl methyl sites for hydroxylation is 1. The molecule has 1 amide bonds. The van der Waals surface area contributed by atoms with Gasteiger partial charge >= 0.3 is 0 Å². The summed E-state index contributed by atoms with van der Waals surface area (Å²) >= 11 is 3.66. The molecule has 1 atom stereocenters.